The van der Waals surface area contributed by atoms with E-state index in [1.165, 1.54) is 17.7 Å². The largest absolute Gasteiger partial charge is 0.479 e. The highest BCUT2D eigenvalue weighted by Crippen LogP contribution is 2.30. The van der Waals surface area contributed by atoms with Crippen molar-refractivity contribution in [2.75, 3.05) is 7.11 Å². The third-order valence-corrected chi connectivity index (χ3v) is 3.26. The minimum Gasteiger partial charge on any atom is -0.479 e. The van der Waals surface area contributed by atoms with Crippen molar-refractivity contribution in [1.82, 2.24) is 30.0 Å². The van der Waals surface area contributed by atoms with Crippen molar-refractivity contribution in [2.24, 2.45) is 0 Å². The topological polar surface area (TPSA) is 118 Å². The molecule has 0 aliphatic carbocycles. The fraction of sp³-hybridized carbons (Fsp3) is 0.182. The molecule has 0 bridgehead atoms. The highest BCUT2D eigenvalue weighted by atomic mass is 35.5. The highest BCUT2D eigenvalue weighted by molar-refractivity contribution is 6.31. The average molecular weight is 309 g/mol. The molecular formula is C11H9ClN6O3. The number of nitrogens with one attached hydrogen (secondary N) is 1. The maximum absolute atomic E-state index is 11.4. The molecule has 1 atom stereocenters. The number of halogens is 1. The number of imidazole rings is 1. The van der Waals surface area contributed by atoms with E-state index in [-0.39, 0.29) is 16.5 Å². The van der Waals surface area contributed by atoms with Crippen LogP contribution in [-0.2, 0) is 9.53 Å². The number of hydrogen-bond donors (Lipinski definition) is 2. The van der Waals surface area contributed by atoms with Crippen LogP contribution in [0.1, 0.15) is 11.8 Å². The summed E-state index contributed by atoms with van der Waals surface area (Å²) in [5, 5.41) is 23.1. The van der Waals surface area contributed by atoms with Gasteiger partial charge in [0.1, 0.15) is 11.3 Å². The summed E-state index contributed by atoms with van der Waals surface area (Å²) in [6, 6.07) is 3.22. The lowest BCUT2D eigenvalue weighted by atomic mass is 10.2. The molecule has 3 heterocycles. The lowest BCUT2D eigenvalue weighted by Crippen LogP contribution is -2.18. The van der Waals surface area contributed by atoms with Crippen LogP contribution in [0.2, 0.25) is 5.02 Å². The predicted octanol–water partition coefficient (Wildman–Crippen LogP) is 0.940. The molecule has 3 rings (SSSR count). The minimum atomic E-state index is -1.25. The van der Waals surface area contributed by atoms with Crippen molar-refractivity contribution >= 4 is 23.2 Å². The first-order valence-corrected chi connectivity index (χ1v) is 6.16. The number of aliphatic carboxylic acids is 1. The van der Waals surface area contributed by atoms with E-state index in [1.807, 2.05) is 0 Å². The van der Waals surface area contributed by atoms with Crippen molar-refractivity contribution in [2.45, 2.75) is 6.10 Å². The Hall–Kier alpha value is -2.52. The van der Waals surface area contributed by atoms with Gasteiger partial charge in [-0.15, -0.1) is 10.2 Å². The van der Waals surface area contributed by atoms with Crippen molar-refractivity contribution < 1.29 is 14.6 Å². The number of aromatic amines is 1. The molecule has 0 saturated carbocycles. The van der Waals surface area contributed by atoms with Gasteiger partial charge in [0, 0.05) is 7.11 Å². The second kappa shape index (κ2) is 5.11. The number of pyridine rings is 1. The number of fused-ring (bicyclic) bond motifs is 1. The van der Waals surface area contributed by atoms with Crippen molar-refractivity contribution in [3.05, 3.63) is 29.0 Å². The van der Waals surface area contributed by atoms with Crippen molar-refractivity contribution in [3.63, 3.8) is 0 Å². The molecule has 0 fully saturated rings. The van der Waals surface area contributed by atoms with Crippen molar-refractivity contribution in [1.29, 1.82) is 0 Å². The summed E-state index contributed by atoms with van der Waals surface area (Å²) in [6.07, 6.45) is 0.259. The number of carbonyl (C=O) groups is 1. The zero-order valence-corrected chi connectivity index (χ0v) is 11.4. The van der Waals surface area contributed by atoms with Gasteiger partial charge in [0.25, 0.3) is 0 Å². The Morgan fingerprint density at radius 2 is 2.33 bits per heavy atom. The quantitative estimate of drug-likeness (QED) is 0.736. The van der Waals surface area contributed by atoms with Gasteiger partial charge in [0.05, 0.1) is 16.9 Å². The SMILES string of the molecule is COC(C(=O)O)c1c(Cl)ccc2ncc(-c3nn[nH]n3)n12. The molecular weight excluding hydrogens is 300 g/mol. The monoisotopic (exact) mass is 308 g/mol. The third-order valence-electron chi connectivity index (χ3n) is 2.94. The Labute approximate surface area is 122 Å². The van der Waals surface area contributed by atoms with Gasteiger partial charge >= 0.3 is 5.97 Å². The lowest BCUT2D eigenvalue weighted by Gasteiger charge is -2.15. The molecule has 21 heavy (non-hydrogen) atoms. The van der Waals surface area contributed by atoms with E-state index in [2.05, 4.69) is 25.6 Å². The van der Waals surface area contributed by atoms with Gasteiger partial charge in [-0.3, -0.25) is 4.40 Å². The Morgan fingerprint density at radius 1 is 1.52 bits per heavy atom. The lowest BCUT2D eigenvalue weighted by molar-refractivity contribution is -0.149. The average Bonchev–Trinajstić information content (AvgIpc) is 3.09. The van der Waals surface area contributed by atoms with E-state index in [1.54, 1.807) is 12.1 Å². The van der Waals surface area contributed by atoms with E-state index in [9.17, 15) is 9.90 Å². The van der Waals surface area contributed by atoms with Crippen LogP contribution in [0.4, 0.5) is 0 Å². The van der Waals surface area contributed by atoms with Gasteiger partial charge in [0.2, 0.25) is 5.82 Å². The molecule has 2 N–H and O–H groups in total. The normalized spacial score (nSPS) is 12.7. The van der Waals surface area contributed by atoms with Gasteiger partial charge in [-0.25, -0.2) is 9.78 Å². The fourth-order valence-electron chi connectivity index (χ4n) is 2.08. The first kappa shape index (κ1) is 13.5. The number of methoxy groups -OCH3 is 1. The first-order valence-electron chi connectivity index (χ1n) is 5.78. The summed E-state index contributed by atoms with van der Waals surface area (Å²) in [7, 11) is 1.29. The number of nitrogens with zero attached hydrogens (tertiary/aromatic N) is 5. The first-order chi connectivity index (χ1) is 10.1. The van der Waals surface area contributed by atoms with E-state index < -0.39 is 12.1 Å². The molecule has 0 amide bonds. The van der Waals surface area contributed by atoms with Gasteiger partial charge < -0.3 is 9.84 Å². The third kappa shape index (κ3) is 2.12. The number of ether oxygens (including phenoxy) is 1. The highest BCUT2D eigenvalue weighted by Gasteiger charge is 2.27. The summed E-state index contributed by atoms with van der Waals surface area (Å²) >= 11 is 6.15. The van der Waals surface area contributed by atoms with Crippen LogP contribution < -0.4 is 0 Å². The van der Waals surface area contributed by atoms with E-state index in [0.717, 1.165) is 0 Å². The number of H-pyrrole nitrogens is 1. The van der Waals surface area contributed by atoms with E-state index in [0.29, 0.717) is 11.3 Å². The number of rotatable bonds is 4. The molecule has 3 aromatic heterocycles. The molecule has 3 aromatic rings. The Bertz CT molecular complexity index is 800. The second-order valence-corrected chi connectivity index (χ2v) is 4.50. The second-order valence-electron chi connectivity index (χ2n) is 4.09. The van der Waals surface area contributed by atoms with E-state index >= 15 is 0 Å². The number of carboxylic acid groups (broad SMARTS) is 1. The van der Waals surface area contributed by atoms with E-state index in [4.69, 9.17) is 16.3 Å². The van der Waals surface area contributed by atoms with Crippen LogP contribution in [0.3, 0.4) is 0 Å². The molecule has 0 radical (unpaired) electrons. The Kier molecular flexibility index (Phi) is 3.28. The molecule has 9 nitrogen and oxygen atoms in total. The number of carboxylic acids is 1. The Morgan fingerprint density at radius 3 is 2.95 bits per heavy atom. The van der Waals surface area contributed by atoms with Crippen LogP contribution in [0.25, 0.3) is 17.2 Å². The van der Waals surface area contributed by atoms with Crippen molar-refractivity contribution in [3.8, 4) is 11.5 Å². The minimum absolute atomic E-state index is 0.236. The molecule has 0 aromatic carbocycles. The summed E-state index contributed by atoms with van der Waals surface area (Å²) in [6.45, 7) is 0. The summed E-state index contributed by atoms with van der Waals surface area (Å²) in [4.78, 5) is 15.6. The maximum atomic E-state index is 11.4. The molecule has 108 valence electrons. The summed E-state index contributed by atoms with van der Waals surface area (Å²) < 4.78 is 6.57. The van der Waals surface area contributed by atoms with Crippen LogP contribution in [-0.4, -0.2) is 48.2 Å². The summed E-state index contributed by atoms with van der Waals surface area (Å²) in [5.41, 5.74) is 1.19. The molecule has 1 unspecified atom stereocenters. The maximum Gasteiger partial charge on any atom is 0.339 e. The molecule has 0 spiro atoms. The summed E-state index contributed by atoms with van der Waals surface area (Å²) in [5.74, 6) is -0.897. The predicted molar refractivity (Wildman–Crippen MR) is 70.8 cm³/mol. The molecule has 0 aliphatic heterocycles. The standard InChI is InChI=1S/C11H9ClN6O3/c1-21-9(11(19)20)8-5(12)2-3-7-13-4-6(18(7)8)10-14-16-17-15-10/h2-4,9H,1H3,(H,19,20)(H,14,15,16,17). The number of hydrogen-bond acceptors (Lipinski definition) is 6. The van der Waals surface area contributed by atoms with Gasteiger partial charge in [-0.1, -0.05) is 11.6 Å². The fourth-order valence-corrected chi connectivity index (χ4v) is 2.32. The smallest absolute Gasteiger partial charge is 0.339 e. The Balaban J connectivity index is 2.34. The van der Waals surface area contributed by atoms with Crippen LogP contribution in [0, 0.1) is 0 Å². The van der Waals surface area contributed by atoms with Gasteiger partial charge in [-0.2, -0.15) is 5.21 Å². The molecule has 0 saturated heterocycles. The van der Waals surface area contributed by atoms with Gasteiger partial charge in [0.15, 0.2) is 6.10 Å². The molecule has 10 heteroatoms. The molecule has 0 aliphatic rings. The number of tetrazole rings is 1. The van der Waals surface area contributed by atoms with Gasteiger partial charge in [-0.05, 0) is 17.3 Å². The van der Waals surface area contributed by atoms with Crippen LogP contribution >= 0.6 is 11.6 Å². The number of aromatic nitrogens is 6. The zero-order valence-electron chi connectivity index (χ0n) is 10.7. The zero-order chi connectivity index (χ0) is 15.0. The van der Waals surface area contributed by atoms with Crippen LogP contribution in [0.15, 0.2) is 18.3 Å². The van der Waals surface area contributed by atoms with Crippen LogP contribution in [0.5, 0.6) is 0 Å².